The Morgan fingerprint density at radius 1 is 1.04 bits per heavy atom. The average Bonchev–Trinajstić information content (AvgIpc) is 2.73. The lowest BCUT2D eigenvalue weighted by Crippen LogP contribution is -2.24. The monoisotopic (exact) mass is 375 g/mol. The Morgan fingerprint density at radius 3 is 2.43 bits per heavy atom. The molecule has 0 aliphatic heterocycles. The summed E-state index contributed by atoms with van der Waals surface area (Å²) in [5, 5.41) is 5.96. The van der Waals surface area contributed by atoms with Crippen molar-refractivity contribution >= 4 is 17.7 Å². The summed E-state index contributed by atoms with van der Waals surface area (Å²) < 4.78 is 0. The molecule has 1 amide bonds. The van der Waals surface area contributed by atoms with Crippen LogP contribution < -0.4 is 16.4 Å². The van der Waals surface area contributed by atoms with Crippen molar-refractivity contribution in [2.75, 3.05) is 17.6 Å². The molecule has 28 heavy (non-hydrogen) atoms. The van der Waals surface area contributed by atoms with Crippen LogP contribution in [0.5, 0.6) is 0 Å². The molecule has 0 saturated carbocycles. The third-order valence-electron chi connectivity index (χ3n) is 4.39. The first-order chi connectivity index (χ1) is 13.7. The fourth-order valence-electron chi connectivity index (χ4n) is 2.76. The summed E-state index contributed by atoms with van der Waals surface area (Å²) in [5.74, 6) is 0.328. The minimum atomic E-state index is -0.287. The first-order valence-corrected chi connectivity index (χ1v) is 9.46. The normalized spacial score (nSPS) is 10.5. The average molecular weight is 375 g/mol. The number of carbonyl (C=O) groups excluding carboxylic acids is 1. The molecule has 1 heterocycles. The van der Waals surface area contributed by atoms with Crippen molar-refractivity contribution in [1.82, 2.24) is 15.3 Å². The molecule has 0 fully saturated rings. The zero-order valence-electron chi connectivity index (χ0n) is 16.0. The number of unbranched alkanes of at least 4 members (excludes halogenated alkanes) is 1. The minimum Gasteiger partial charge on any atom is -0.383 e. The highest BCUT2D eigenvalue weighted by molar-refractivity contribution is 5.98. The second-order valence-electron chi connectivity index (χ2n) is 6.52. The number of nitrogens with zero attached hydrogens (tertiary/aromatic N) is 2. The van der Waals surface area contributed by atoms with Gasteiger partial charge in [-0.1, -0.05) is 67.9 Å². The lowest BCUT2D eigenvalue weighted by Gasteiger charge is -2.09. The summed E-state index contributed by atoms with van der Waals surface area (Å²) in [6.07, 6.45) is 3.56. The molecule has 0 atom stereocenters. The predicted molar refractivity (Wildman–Crippen MR) is 113 cm³/mol. The van der Waals surface area contributed by atoms with E-state index in [4.69, 9.17) is 5.73 Å². The van der Waals surface area contributed by atoms with Crippen molar-refractivity contribution in [2.45, 2.75) is 26.3 Å². The molecular weight excluding hydrogens is 350 g/mol. The van der Waals surface area contributed by atoms with E-state index in [2.05, 4.69) is 39.7 Å². The number of carbonyl (C=O) groups is 1. The van der Waals surface area contributed by atoms with Gasteiger partial charge in [0.1, 0.15) is 5.82 Å². The number of nitrogens with one attached hydrogen (secondary N) is 2. The molecule has 0 aliphatic rings. The molecule has 0 unspecified atom stereocenters. The van der Waals surface area contributed by atoms with Gasteiger partial charge in [-0.3, -0.25) is 4.79 Å². The molecule has 3 aromatic rings. The van der Waals surface area contributed by atoms with Crippen LogP contribution >= 0.6 is 0 Å². The standard InChI is InChI=1S/C22H25N5O/c1-2-3-13-24-22-26-15-19(20(23)27-22)21(28)25-14-16-9-11-18(12-10-16)17-7-5-4-6-8-17/h4-12,15H,2-3,13-14H2,1H3,(H,25,28)(H3,23,24,26,27). The van der Waals surface area contributed by atoms with E-state index in [-0.39, 0.29) is 17.3 Å². The molecular formula is C22H25N5O. The Hall–Kier alpha value is -3.41. The fourth-order valence-corrected chi connectivity index (χ4v) is 2.76. The van der Waals surface area contributed by atoms with Gasteiger partial charge in [0.05, 0.1) is 5.56 Å². The van der Waals surface area contributed by atoms with Gasteiger partial charge in [-0.2, -0.15) is 4.98 Å². The lowest BCUT2D eigenvalue weighted by molar-refractivity contribution is 0.0951. The maximum absolute atomic E-state index is 12.4. The maximum atomic E-state index is 12.4. The molecule has 0 radical (unpaired) electrons. The van der Waals surface area contributed by atoms with Crippen molar-refractivity contribution in [3.63, 3.8) is 0 Å². The van der Waals surface area contributed by atoms with Gasteiger partial charge in [0.2, 0.25) is 5.95 Å². The van der Waals surface area contributed by atoms with Crippen LogP contribution in [0.1, 0.15) is 35.7 Å². The summed E-state index contributed by atoms with van der Waals surface area (Å²) >= 11 is 0. The quantitative estimate of drug-likeness (QED) is 0.520. The van der Waals surface area contributed by atoms with Crippen LogP contribution in [-0.2, 0) is 6.54 Å². The van der Waals surface area contributed by atoms with Crippen LogP contribution in [0.3, 0.4) is 0 Å². The molecule has 0 bridgehead atoms. The largest absolute Gasteiger partial charge is 0.383 e. The van der Waals surface area contributed by atoms with Crippen molar-refractivity contribution in [3.8, 4) is 11.1 Å². The SMILES string of the molecule is CCCCNc1ncc(C(=O)NCc2ccc(-c3ccccc3)cc2)c(N)n1. The topological polar surface area (TPSA) is 92.9 Å². The lowest BCUT2D eigenvalue weighted by atomic mass is 10.0. The summed E-state index contributed by atoms with van der Waals surface area (Å²) in [7, 11) is 0. The van der Waals surface area contributed by atoms with E-state index in [1.807, 2.05) is 42.5 Å². The molecule has 0 spiro atoms. The zero-order chi connectivity index (χ0) is 19.8. The number of hydrogen-bond acceptors (Lipinski definition) is 5. The number of benzene rings is 2. The van der Waals surface area contributed by atoms with Crippen LogP contribution in [0.4, 0.5) is 11.8 Å². The van der Waals surface area contributed by atoms with Gasteiger partial charge >= 0.3 is 0 Å². The molecule has 144 valence electrons. The van der Waals surface area contributed by atoms with E-state index in [1.165, 1.54) is 6.20 Å². The van der Waals surface area contributed by atoms with E-state index < -0.39 is 0 Å². The van der Waals surface area contributed by atoms with Crippen LogP contribution in [-0.4, -0.2) is 22.4 Å². The van der Waals surface area contributed by atoms with Gasteiger partial charge in [0.15, 0.2) is 0 Å². The van der Waals surface area contributed by atoms with E-state index in [1.54, 1.807) is 0 Å². The van der Waals surface area contributed by atoms with Crippen LogP contribution in [0.25, 0.3) is 11.1 Å². The Balaban J connectivity index is 1.58. The number of aromatic nitrogens is 2. The summed E-state index contributed by atoms with van der Waals surface area (Å²) in [6.45, 7) is 3.30. The van der Waals surface area contributed by atoms with Crippen molar-refractivity contribution in [2.24, 2.45) is 0 Å². The van der Waals surface area contributed by atoms with Gasteiger partial charge in [-0.15, -0.1) is 0 Å². The zero-order valence-corrected chi connectivity index (χ0v) is 16.0. The summed E-state index contributed by atoms with van der Waals surface area (Å²) in [5.41, 5.74) is 9.51. The highest BCUT2D eigenvalue weighted by Crippen LogP contribution is 2.19. The van der Waals surface area contributed by atoms with Crippen LogP contribution in [0, 0.1) is 0 Å². The minimum absolute atomic E-state index is 0.172. The predicted octanol–water partition coefficient (Wildman–Crippen LogP) is 3.87. The Morgan fingerprint density at radius 2 is 1.75 bits per heavy atom. The Bertz CT molecular complexity index is 910. The van der Waals surface area contributed by atoms with Gasteiger partial charge in [-0.25, -0.2) is 4.98 Å². The molecule has 2 aromatic carbocycles. The highest BCUT2D eigenvalue weighted by atomic mass is 16.1. The molecule has 6 nitrogen and oxygen atoms in total. The third-order valence-corrected chi connectivity index (χ3v) is 4.39. The maximum Gasteiger partial charge on any atom is 0.256 e. The fraction of sp³-hybridized carbons (Fsp3) is 0.227. The van der Waals surface area contributed by atoms with Crippen molar-refractivity contribution in [3.05, 3.63) is 71.9 Å². The van der Waals surface area contributed by atoms with Crippen LogP contribution in [0.15, 0.2) is 60.8 Å². The summed E-state index contributed by atoms with van der Waals surface area (Å²) in [6, 6.07) is 18.3. The molecule has 0 saturated heterocycles. The van der Waals surface area contributed by atoms with E-state index in [9.17, 15) is 4.79 Å². The third kappa shape index (κ3) is 5.07. The number of nitrogen functional groups attached to an aromatic ring is 1. The molecule has 6 heteroatoms. The van der Waals surface area contributed by atoms with E-state index in [0.717, 1.165) is 36.1 Å². The Labute approximate surface area is 165 Å². The first kappa shape index (κ1) is 19.4. The summed E-state index contributed by atoms with van der Waals surface area (Å²) in [4.78, 5) is 20.7. The van der Waals surface area contributed by atoms with Gasteiger partial charge in [0.25, 0.3) is 5.91 Å². The van der Waals surface area contributed by atoms with Gasteiger partial charge < -0.3 is 16.4 Å². The number of rotatable bonds is 8. The Kier molecular flexibility index (Phi) is 6.57. The first-order valence-electron chi connectivity index (χ1n) is 9.46. The second kappa shape index (κ2) is 9.50. The van der Waals surface area contributed by atoms with Crippen molar-refractivity contribution < 1.29 is 4.79 Å². The molecule has 3 rings (SSSR count). The smallest absolute Gasteiger partial charge is 0.256 e. The van der Waals surface area contributed by atoms with E-state index >= 15 is 0 Å². The van der Waals surface area contributed by atoms with Gasteiger partial charge in [0, 0.05) is 19.3 Å². The number of anilines is 2. The molecule has 1 aromatic heterocycles. The molecule has 0 aliphatic carbocycles. The highest BCUT2D eigenvalue weighted by Gasteiger charge is 2.12. The second-order valence-corrected chi connectivity index (χ2v) is 6.52. The molecule has 4 N–H and O–H groups in total. The van der Waals surface area contributed by atoms with Crippen LogP contribution in [0.2, 0.25) is 0 Å². The number of nitrogens with two attached hydrogens (primary N) is 1. The van der Waals surface area contributed by atoms with Crippen molar-refractivity contribution in [1.29, 1.82) is 0 Å². The van der Waals surface area contributed by atoms with E-state index in [0.29, 0.717) is 12.5 Å². The number of hydrogen-bond donors (Lipinski definition) is 3. The number of amides is 1. The van der Waals surface area contributed by atoms with Gasteiger partial charge in [-0.05, 0) is 23.1 Å².